The van der Waals surface area contributed by atoms with Gasteiger partial charge in [-0.05, 0) is 18.7 Å². The van der Waals surface area contributed by atoms with E-state index in [2.05, 4.69) is 10.2 Å². The molecule has 1 aromatic heterocycles. The molecule has 13 heavy (non-hydrogen) atoms. The van der Waals surface area contributed by atoms with Crippen LogP contribution < -0.4 is 5.73 Å². The summed E-state index contributed by atoms with van der Waals surface area (Å²) in [6.45, 7) is 0.595. The molecule has 0 bridgehead atoms. The second-order valence-electron chi connectivity index (χ2n) is 2.94. The van der Waals surface area contributed by atoms with Gasteiger partial charge in [0.2, 0.25) is 0 Å². The normalized spacial score (nSPS) is 10.8. The van der Waals surface area contributed by atoms with Gasteiger partial charge < -0.3 is 10.8 Å². The zero-order valence-corrected chi connectivity index (χ0v) is 7.12. The van der Waals surface area contributed by atoms with Gasteiger partial charge in [-0.15, -0.1) is 0 Å². The van der Waals surface area contributed by atoms with E-state index in [4.69, 9.17) is 5.73 Å². The number of hydrogen-bond acceptors (Lipinski definition) is 3. The maximum absolute atomic E-state index is 9.19. The standard InChI is InChI=1S/C9H11N3O/c10-4-3-8-7-2-1-6(13)5-9(7)12-11-8/h1-2,5,13H,3-4,10H2,(H,11,12). The minimum absolute atomic E-state index is 0.235. The van der Waals surface area contributed by atoms with Gasteiger partial charge in [0.25, 0.3) is 0 Å². The summed E-state index contributed by atoms with van der Waals surface area (Å²) in [6.07, 6.45) is 0.779. The van der Waals surface area contributed by atoms with Gasteiger partial charge in [0.05, 0.1) is 5.52 Å². The van der Waals surface area contributed by atoms with E-state index in [9.17, 15) is 5.11 Å². The third-order valence-corrected chi connectivity index (χ3v) is 2.01. The first kappa shape index (κ1) is 8.07. The number of H-pyrrole nitrogens is 1. The zero-order valence-electron chi connectivity index (χ0n) is 7.12. The molecule has 0 aliphatic rings. The van der Waals surface area contributed by atoms with Crippen molar-refractivity contribution >= 4 is 10.9 Å². The van der Waals surface area contributed by atoms with E-state index in [0.29, 0.717) is 6.54 Å². The number of phenols is 1. The fourth-order valence-electron chi connectivity index (χ4n) is 1.39. The summed E-state index contributed by atoms with van der Waals surface area (Å²) in [5.41, 5.74) is 7.25. The van der Waals surface area contributed by atoms with E-state index in [1.165, 1.54) is 0 Å². The lowest BCUT2D eigenvalue weighted by molar-refractivity contribution is 0.476. The number of nitrogens with one attached hydrogen (secondary N) is 1. The van der Waals surface area contributed by atoms with Crippen LogP contribution in [0.25, 0.3) is 10.9 Å². The number of rotatable bonds is 2. The highest BCUT2D eigenvalue weighted by Gasteiger charge is 2.04. The van der Waals surface area contributed by atoms with Crippen molar-refractivity contribution in [3.63, 3.8) is 0 Å². The summed E-state index contributed by atoms with van der Waals surface area (Å²) in [4.78, 5) is 0. The number of nitrogens with two attached hydrogens (primary N) is 1. The van der Waals surface area contributed by atoms with Crippen molar-refractivity contribution in [1.29, 1.82) is 0 Å². The Bertz CT molecular complexity index is 422. The lowest BCUT2D eigenvalue weighted by Crippen LogP contribution is -2.03. The number of phenolic OH excluding ortho intramolecular Hbond substituents is 1. The van der Waals surface area contributed by atoms with Crippen molar-refractivity contribution in [2.75, 3.05) is 6.54 Å². The largest absolute Gasteiger partial charge is 0.508 e. The smallest absolute Gasteiger partial charge is 0.117 e. The molecule has 0 aliphatic heterocycles. The van der Waals surface area contributed by atoms with Crippen LogP contribution in [0, 0.1) is 0 Å². The van der Waals surface area contributed by atoms with Crippen molar-refractivity contribution in [3.05, 3.63) is 23.9 Å². The van der Waals surface area contributed by atoms with Crippen LogP contribution in [0.5, 0.6) is 5.75 Å². The molecular weight excluding hydrogens is 166 g/mol. The predicted octanol–water partition coefficient (Wildman–Crippen LogP) is 0.770. The first-order valence-electron chi connectivity index (χ1n) is 4.17. The molecule has 0 saturated carbocycles. The van der Waals surface area contributed by atoms with Crippen LogP contribution in [-0.2, 0) is 6.42 Å². The molecule has 0 fully saturated rings. The second-order valence-corrected chi connectivity index (χ2v) is 2.94. The molecule has 0 spiro atoms. The number of aromatic hydroxyl groups is 1. The van der Waals surface area contributed by atoms with Crippen LogP contribution in [0.4, 0.5) is 0 Å². The topological polar surface area (TPSA) is 74.9 Å². The van der Waals surface area contributed by atoms with Crippen LogP contribution in [-0.4, -0.2) is 21.8 Å². The summed E-state index contributed by atoms with van der Waals surface area (Å²) in [7, 11) is 0. The van der Waals surface area contributed by atoms with E-state index in [1.807, 2.05) is 6.07 Å². The van der Waals surface area contributed by atoms with Crippen LogP contribution in [0.2, 0.25) is 0 Å². The molecule has 4 nitrogen and oxygen atoms in total. The van der Waals surface area contributed by atoms with E-state index in [-0.39, 0.29) is 5.75 Å². The maximum Gasteiger partial charge on any atom is 0.117 e. The molecule has 0 unspecified atom stereocenters. The third kappa shape index (κ3) is 1.36. The Hall–Kier alpha value is -1.55. The highest BCUT2D eigenvalue weighted by Crippen LogP contribution is 2.20. The van der Waals surface area contributed by atoms with Gasteiger partial charge in [-0.2, -0.15) is 5.10 Å². The molecule has 2 rings (SSSR count). The van der Waals surface area contributed by atoms with Gasteiger partial charge in [-0.1, -0.05) is 0 Å². The minimum atomic E-state index is 0.235. The number of nitrogens with zero attached hydrogens (tertiary/aromatic N) is 1. The molecule has 0 atom stereocenters. The van der Waals surface area contributed by atoms with Crippen molar-refractivity contribution < 1.29 is 5.11 Å². The van der Waals surface area contributed by atoms with Gasteiger partial charge in [-0.3, -0.25) is 5.10 Å². The van der Waals surface area contributed by atoms with E-state index in [0.717, 1.165) is 23.0 Å². The lowest BCUT2D eigenvalue weighted by Gasteiger charge is -1.94. The number of aromatic nitrogens is 2. The average Bonchev–Trinajstić information content (AvgIpc) is 2.49. The Morgan fingerprint density at radius 2 is 2.31 bits per heavy atom. The first-order valence-corrected chi connectivity index (χ1v) is 4.17. The van der Waals surface area contributed by atoms with Crippen molar-refractivity contribution in [2.24, 2.45) is 5.73 Å². The fraction of sp³-hybridized carbons (Fsp3) is 0.222. The monoisotopic (exact) mass is 177 g/mol. The van der Waals surface area contributed by atoms with Gasteiger partial charge in [0.15, 0.2) is 0 Å². The lowest BCUT2D eigenvalue weighted by atomic mass is 10.1. The molecule has 1 aromatic carbocycles. The van der Waals surface area contributed by atoms with Crippen molar-refractivity contribution in [2.45, 2.75) is 6.42 Å². The number of benzene rings is 1. The van der Waals surface area contributed by atoms with Crippen molar-refractivity contribution in [3.8, 4) is 5.75 Å². The highest BCUT2D eigenvalue weighted by molar-refractivity contribution is 5.82. The van der Waals surface area contributed by atoms with E-state index >= 15 is 0 Å². The Kier molecular flexibility index (Phi) is 1.90. The SMILES string of the molecule is NCCc1[nH]nc2cc(O)ccc12. The molecule has 4 heteroatoms. The maximum atomic E-state index is 9.19. The fourth-order valence-corrected chi connectivity index (χ4v) is 1.39. The summed E-state index contributed by atoms with van der Waals surface area (Å²) >= 11 is 0. The summed E-state index contributed by atoms with van der Waals surface area (Å²) in [5, 5.41) is 17.2. The summed E-state index contributed by atoms with van der Waals surface area (Å²) in [5.74, 6) is 0.235. The van der Waals surface area contributed by atoms with Crippen LogP contribution >= 0.6 is 0 Å². The Labute approximate surface area is 75.4 Å². The van der Waals surface area contributed by atoms with Crippen LogP contribution in [0.15, 0.2) is 18.2 Å². The van der Waals surface area contributed by atoms with Gasteiger partial charge in [-0.25, -0.2) is 0 Å². The molecule has 0 saturated heterocycles. The first-order chi connectivity index (χ1) is 6.31. The summed E-state index contributed by atoms with van der Waals surface area (Å²) in [6, 6.07) is 5.13. The Balaban J connectivity index is 2.55. The number of aromatic amines is 1. The molecule has 0 radical (unpaired) electrons. The molecule has 4 N–H and O–H groups in total. The molecule has 68 valence electrons. The van der Waals surface area contributed by atoms with Gasteiger partial charge >= 0.3 is 0 Å². The molecule has 1 heterocycles. The van der Waals surface area contributed by atoms with Crippen LogP contribution in [0.1, 0.15) is 5.69 Å². The van der Waals surface area contributed by atoms with Crippen molar-refractivity contribution in [1.82, 2.24) is 10.2 Å². The zero-order chi connectivity index (χ0) is 9.26. The average molecular weight is 177 g/mol. The number of hydrogen-bond donors (Lipinski definition) is 3. The predicted molar refractivity (Wildman–Crippen MR) is 50.5 cm³/mol. The molecule has 0 aliphatic carbocycles. The minimum Gasteiger partial charge on any atom is -0.508 e. The Morgan fingerprint density at radius 1 is 1.46 bits per heavy atom. The Morgan fingerprint density at radius 3 is 3.08 bits per heavy atom. The number of fused-ring (bicyclic) bond motifs is 1. The second kappa shape index (κ2) is 3.06. The highest BCUT2D eigenvalue weighted by atomic mass is 16.3. The van der Waals surface area contributed by atoms with E-state index in [1.54, 1.807) is 12.1 Å². The summed E-state index contributed by atoms with van der Waals surface area (Å²) < 4.78 is 0. The molecule has 2 aromatic rings. The molecular formula is C9H11N3O. The third-order valence-electron chi connectivity index (χ3n) is 2.01. The van der Waals surface area contributed by atoms with Gasteiger partial charge in [0.1, 0.15) is 5.75 Å². The molecule has 0 amide bonds. The van der Waals surface area contributed by atoms with Gasteiger partial charge in [0, 0.05) is 23.6 Å². The van der Waals surface area contributed by atoms with Crippen LogP contribution in [0.3, 0.4) is 0 Å². The van der Waals surface area contributed by atoms with E-state index < -0.39 is 0 Å². The quantitative estimate of drug-likeness (QED) is 0.634.